The molecular formula is C50H52. The third-order valence-electron chi connectivity index (χ3n) is 10.7. The molecule has 50 heavy (non-hydrogen) atoms. The van der Waals surface area contributed by atoms with E-state index < -0.39 is 0 Å². The molecule has 0 radical (unpaired) electrons. The van der Waals surface area contributed by atoms with E-state index in [1.54, 1.807) is 0 Å². The van der Waals surface area contributed by atoms with E-state index in [0.29, 0.717) is 0 Å². The lowest BCUT2D eigenvalue weighted by molar-refractivity contribution is 0.849. The van der Waals surface area contributed by atoms with Gasteiger partial charge in [0.2, 0.25) is 0 Å². The van der Waals surface area contributed by atoms with Crippen LogP contribution in [0.3, 0.4) is 0 Å². The van der Waals surface area contributed by atoms with Crippen molar-refractivity contribution in [3.63, 3.8) is 0 Å². The molecule has 0 aromatic heterocycles. The Morgan fingerprint density at radius 3 is 0.820 bits per heavy atom. The van der Waals surface area contributed by atoms with E-state index in [-0.39, 0.29) is 11.8 Å². The maximum atomic E-state index is 2.56. The maximum Gasteiger partial charge on any atom is 0.0343 e. The molecule has 0 spiro atoms. The second-order valence-electron chi connectivity index (χ2n) is 15.6. The fourth-order valence-electron chi connectivity index (χ4n) is 8.96. The molecule has 6 aromatic rings. The summed E-state index contributed by atoms with van der Waals surface area (Å²) in [6.07, 6.45) is 4.05. The molecule has 0 saturated carbocycles. The van der Waals surface area contributed by atoms with Crippen LogP contribution >= 0.6 is 0 Å². The fraction of sp³-hybridized carbons (Fsp3) is 0.280. The summed E-state index contributed by atoms with van der Waals surface area (Å²) < 4.78 is 0. The van der Waals surface area contributed by atoms with Gasteiger partial charge in [0, 0.05) is 11.8 Å². The zero-order valence-corrected chi connectivity index (χ0v) is 31.4. The van der Waals surface area contributed by atoms with Gasteiger partial charge in [-0.2, -0.15) is 0 Å². The molecule has 0 atom stereocenters. The van der Waals surface area contributed by atoms with Gasteiger partial charge < -0.3 is 0 Å². The van der Waals surface area contributed by atoms with Gasteiger partial charge in [-0.1, -0.05) is 154 Å². The molecule has 0 fully saturated rings. The monoisotopic (exact) mass is 652 g/mol. The lowest BCUT2D eigenvalue weighted by Gasteiger charge is -2.27. The first-order valence-corrected chi connectivity index (χ1v) is 18.6. The van der Waals surface area contributed by atoms with Crippen molar-refractivity contribution in [2.24, 2.45) is 0 Å². The Morgan fingerprint density at radius 1 is 0.300 bits per heavy atom. The van der Waals surface area contributed by atoms with Crippen LogP contribution in [0.15, 0.2) is 109 Å². The molecule has 6 aromatic carbocycles. The van der Waals surface area contributed by atoms with Gasteiger partial charge in [-0.05, 0) is 137 Å². The third kappa shape index (κ3) is 7.27. The van der Waals surface area contributed by atoms with E-state index in [4.69, 9.17) is 0 Å². The predicted octanol–water partition coefficient (Wildman–Crippen LogP) is 12.4. The summed E-state index contributed by atoms with van der Waals surface area (Å²) in [5.41, 5.74) is 24.9. The van der Waals surface area contributed by atoms with Gasteiger partial charge in [0.25, 0.3) is 0 Å². The van der Waals surface area contributed by atoms with E-state index in [2.05, 4.69) is 165 Å². The van der Waals surface area contributed by atoms with Crippen molar-refractivity contribution in [1.29, 1.82) is 0 Å². The van der Waals surface area contributed by atoms with E-state index in [9.17, 15) is 0 Å². The Kier molecular flexibility index (Phi) is 9.40. The van der Waals surface area contributed by atoms with Crippen LogP contribution < -0.4 is 0 Å². The molecule has 0 N–H and O–H groups in total. The molecule has 0 unspecified atom stereocenters. The highest BCUT2D eigenvalue weighted by Crippen LogP contribution is 2.40. The fourth-order valence-corrected chi connectivity index (χ4v) is 8.96. The Hall–Kier alpha value is -4.68. The van der Waals surface area contributed by atoms with Gasteiger partial charge in [0.05, 0.1) is 0 Å². The number of aryl methyl sites for hydroxylation is 12. The number of hydrogen-bond donors (Lipinski definition) is 0. The molecule has 4 bridgehead atoms. The summed E-state index contributed by atoms with van der Waals surface area (Å²) in [7, 11) is 0. The zero-order valence-electron chi connectivity index (χ0n) is 31.4. The Balaban J connectivity index is 1.36. The standard InChI is InChI=1S/C50H52/c1-31-17-32(2)22-43(21-31)49(44-23-33(3)18-34(4)24-44)47-29-39-9-13-41(47)15-11-40-10-14-42(16-12-39)48(30-40)50(45-25-35(5)19-36(6)26-45)46-27-37(7)20-38(8)28-46/h9-10,13-14,17-30,49-50H,11-12,15-16H2,1-8H3. The summed E-state index contributed by atoms with van der Waals surface area (Å²) in [6.45, 7) is 17.9. The zero-order chi connectivity index (χ0) is 35.1. The van der Waals surface area contributed by atoms with Gasteiger partial charge in [0.1, 0.15) is 0 Å². The minimum absolute atomic E-state index is 0.195. The molecule has 0 heterocycles. The van der Waals surface area contributed by atoms with Gasteiger partial charge in [-0.3, -0.25) is 0 Å². The Bertz CT molecular complexity index is 1870. The summed E-state index contributed by atoms with van der Waals surface area (Å²) in [6, 6.07) is 43.4. The van der Waals surface area contributed by atoms with E-state index >= 15 is 0 Å². The number of benzene rings is 6. The van der Waals surface area contributed by atoms with Crippen molar-refractivity contribution in [1.82, 2.24) is 0 Å². The van der Waals surface area contributed by atoms with Crippen molar-refractivity contribution in [3.05, 3.63) is 209 Å². The van der Waals surface area contributed by atoms with E-state index in [1.165, 1.54) is 100 Å². The lowest BCUT2D eigenvalue weighted by Crippen LogP contribution is -2.12. The molecule has 0 aliphatic heterocycles. The molecule has 0 saturated heterocycles. The highest BCUT2D eigenvalue weighted by molar-refractivity contribution is 5.54. The average Bonchev–Trinajstić information content (AvgIpc) is 3.01. The third-order valence-corrected chi connectivity index (χ3v) is 10.7. The second-order valence-corrected chi connectivity index (χ2v) is 15.6. The topological polar surface area (TPSA) is 0 Å². The summed E-state index contributed by atoms with van der Waals surface area (Å²) in [5, 5.41) is 0. The molecular weight excluding hydrogens is 601 g/mol. The molecule has 10 rings (SSSR count). The van der Waals surface area contributed by atoms with Crippen LogP contribution in [0.1, 0.15) is 112 Å². The molecule has 252 valence electrons. The van der Waals surface area contributed by atoms with Crippen LogP contribution in [-0.4, -0.2) is 0 Å². The molecule has 0 nitrogen and oxygen atoms in total. The van der Waals surface area contributed by atoms with Gasteiger partial charge in [0.15, 0.2) is 0 Å². The minimum Gasteiger partial charge on any atom is -0.0587 e. The molecule has 0 heteroatoms. The van der Waals surface area contributed by atoms with Crippen LogP contribution in [0.25, 0.3) is 0 Å². The van der Waals surface area contributed by atoms with E-state index in [1.807, 2.05) is 0 Å². The summed E-state index contributed by atoms with van der Waals surface area (Å²) >= 11 is 0. The largest absolute Gasteiger partial charge is 0.0587 e. The van der Waals surface area contributed by atoms with Crippen molar-refractivity contribution in [3.8, 4) is 0 Å². The second kappa shape index (κ2) is 13.9. The van der Waals surface area contributed by atoms with Crippen LogP contribution in [0.4, 0.5) is 0 Å². The highest BCUT2D eigenvalue weighted by Gasteiger charge is 2.25. The first kappa shape index (κ1) is 33.8. The summed E-state index contributed by atoms with van der Waals surface area (Å²) in [4.78, 5) is 0. The molecule has 4 aliphatic carbocycles. The van der Waals surface area contributed by atoms with Crippen LogP contribution in [-0.2, 0) is 25.7 Å². The average molecular weight is 653 g/mol. The quantitative estimate of drug-likeness (QED) is 0.157. The predicted molar refractivity (Wildman–Crippen MR) is 213 cm³/mol. The molecule has 4 aliphatic rings. The van der Waals surface area contributed by atoms with Crippen LogP contribution in [0, 0.1) is 55.4 Å². The van der Waals surface area contributed by atoms with Gasteiger partial charge in [-0.15, -0.1) is 0 Å². The normalized spacial score (nSPS) is 12.8. The highest BCUT2D eigenvalue weighted by atomic mass is 14.3. The SMILES string of the molecule is Cc1cc(C)cc(C(c2cc(C)cc(C)c2)c2cc3ccc2CCc2ccc(c(C(c4cc(C)cc(C)c4)c4cc(C)cc(C)c4)c2)CC3)c1. The Morgan fingerprint density at radius 2 is 0.560 bits per heavy atom. The van der Waals surface area contributed by atoms with Crippen molar-refractivity contribution in [2.45, 2.75) is 92.9 Å². The van der Waals surface area contributed by atoms with Crippen LogP contribution in [0.2, 0.25) is 0 Å². The van der Waals surface area contributed by atoms with Gasteiger partial charge in [-0.25, -0.2) is 0 Å². The minimum atomic E-state index is 0.195. The molecule has 0 amide bonds. The Labute approximate surface area is 301 Å². The maximum absolute atomic E-state index is 2.56. The number of hydrogen-bond acceptors (Lipinski definition) is 0. The summed E-state index contributed by atoms with van der Waals surface area (Å²) in [5.74, 6) is 0.389. The first-order valence-electron chi connectivity index (χ1n) is 18.6. The number of rotatable bonds is 6. The lowest BCUT2D eigenvalue weighted by atomic mass is 9.77. The van der Waals surface area contributed by atoms with Crippen molar-refractivity contribution < 1.29 is 0 Å². The van der Waals surface area contributed by atoms with E-state index in [0.717, 1.165) is 25.7 Å². The van der Waals surface area contributed by atoms with Crippen molar-refractivity contribution in [2.75, 3.05) is 0 Å². The van der Waals surface area contributed by atoms with Crippen molar-refractivity contribution >= 4 is 0 Å². The smallest absolute Gasteiger partial charge is 0.0343 e. The first-order chi connectivity index (χ1) is 24.0. The van der Waals surface area contributed by atoms with Crippen LogP contribution in [0.5, 0.6) is 0 Å². The van der Waals surface area contributed by atoms with Gasteiger partial charge >= 0.3 is 0 Å².